The molecule has 3 nitrogen and oxygen atoms in total. The smallest absolute Gasteiger partial charge is 0.0691 e. The number of hydrogen-bond acceptors (Lipinski definition) is 3. The fraction of sp³-hybridized carbons (Fsp3) is 0.647. The van der Waals surface area contributed by atoms with Crippen molar-refractivity contribution in [2.45, 2.75) is 51.0 Å². The number of rotatable bonds is 7. The van der Waals surface area contributed by atoms with Crippen LogP contribution in [0.4, 0.5) is 0 Å². The summed E-state index contributed by atoms with van der Waals surface area (Å²) in [6.07, 6.45) is 2.12. The van der Waals surface area contributed by atoms with E-state index in [0.29, 0.717) is 5.75 Å². The molecule has 0 aromatic heterocycles. The Morgan fingerprint density at radius 1 is 1.38 bits per heavy atom. The summed E-state index contributed by atoms with van der Waals surface area (Å²) in [5.41, 5.74) is 2.49. The van der Waals surface area contributed by atoms with Crippen LogP contribution in [0.2, 0.25) is 0 Å². The Balaban J connectivity index is 2.05. The minimum atomic E-state index is -0.852. The number of aryl methyl sites for hydroxylation is 1. The van der Waals surface area contributed by atoms with Crippen molar-refractivity contribution in [2.75, 3.05) is 18.9 Å². The van der Waals surface area contributed by atoms with Crippen LogP contribution in [0.5, 0.6) is 0 Å². The molecule has 21 heavy (non-hydrogen) atoms. The fourth-order valence-electron chi connectivity index (χ4n) is 2.74. The van der Waals surface area contributed by atoms with Gasteiger partial charge in [0.25, 0.3) is 0 Å². The monoisotopic (exact) mass is 309 g/mol. The maximum atomic E-state index is 12.7. The molecule has 2 rings (SSSR count). The highest BCUT2D eigenvalue weighted by atomic mass is 32.2. The third-order valence-electron chi connectivity index (χ3n) is 4.10. The second-order valence-electron chi connectivity index (χ2n) is 5.87. The largest absolute Gasteiger partial charge is 0.377 e. The Bertz CT molecular complexity index is 460. The van der Waals surface area contributed by atoms with Crippen LogP contribution in [0, 0.1) is 6.92 Å². The summed E-state index contributed by atoms with van der Waals surface area (Å²) >= 11 is 0. The lowest BCUT2D eigenvalue weighted by Gasteiger charge is -2.22. The van der Waals surface area contributed by atoms with Crippen LogP contribution in [-0.2, 0) is 15.5 Å². The normalized spacial score (nSPS) is 24.9. The first-order valence-corrected chi connectivity index (χ1v) is 9.28. The molecular formula is C17H27NO2S. The number of ether oxygens (including phenoxy) is 1. The minimum Gasteiger partial charge on any atom is -0.377 e. The predicted octanol–water partition coefficient (Wildman–Crippen LogP) is 2.96. The van der Waals surface area contributed by atoms with Crippen LogP contribution in [0.1, 0.15) is 43.9 Å². The summed E-state index contributed by atoms with van der Waals surface area (Å²) in [5.74, 6) is 0.668. The molecule has 4 unspecified atom stereocenters. The van der Waals surface area contributed by atoms with Gasteiger partial charge in [-0.15, -0.1) is 0 Å². The second kappa shape index (κ2) is 8.06. The van der Waals surface area contributed by atoms with Gasteiger partial charge >= 0.3 is 0 Å². The number of benzene rings is 1. The average molecular weight is 309 g/mol. The highest BCUT2D eigenvalue weighted by Gasteiger charge is 2.31. The minimum absolute atomic E-state index is 0.121. The van der Waals surface area contributed by atoms with Crippen molar-refractivity contribution in [3.05, 3.63) is 35.4 Å². The molecule has 4 heteroatoms. The summed E-state index contributed by atoms with van der Waals surface area (Å²) in [5, 5.41) is 3.72. The zero-order valence-corrected chi connectivity index (χ0v) is 14.1. The molecule has 1 aliphatic rings. The maximum absolute atomic E-state index is 12.7. The van der Waals surface area contributed by atoms with Gasteiger partial charge in [-0.05, 0) is 38.8 Å². The van der Waals surface area contributed by atoms with Gasteiger partial charge in [0.05, 0.1) is 11.4 Å². The Hall–Kier alpha value is -0.710. The zero-order valence-electron chi connectivity index (χ0n) is 13.3. The van der Waals surface area contributed by atoms with Gasteiger partial charge in [-0.25, -0.2) is 0 Å². The molecule has 0 spiro atoms. The molecule has 1 aliphatic heterocycles. The molecule has 4 atom stereocenters. The van der Waals surface area contributed by atoms with E-state index in [0.717, 1.165) is 26.0 Å². The van der Waals surface area contributed by atoms with Gasteiger partial charge in [0.1, 0.15) is 0 Å². The van der Waals surface area contributed by atoms with E-state index in [9.17, 15) is 4.21 Å². The first kappa shape index (κ1) is 16.7. The van der Waals surface area contributed by atoms with Crippen molar-refractivity contribution in [1.82, 2.24) is 5.32 Å². The van der Waals surface area contributed by atoms with Gasteiger partial charge < -0.3 is 10.1 Å². The van der Waals surface area contributed by atoms with Crippen LogP contribution < -0.4 is 5.32 Å². The van der Waals surface area contributed by atoms with Gasteiger partial charge in [0.15, 0.2) is 0 Å². The molecule has 118 valence electrons. The fourth-order valence-corrected chi connectivity index (χ4v) is 4.49. The van der Waals surface area contributed by atoms with Gasteiger partial charge in [-0.1, -0.05) is 36.8 Å². The SMILES string of the molecule is CCCNC(CS(=O)C1CCOC1C)c1ccc(C)cc1. The summed E-state index contributed by atoms with van der Waals surface area (Å²) < 4.78 is 18.2. The van der Waals surface area contributed by atoms with E-state index in [1.165, 1.54) is 11.1 Å². The molecule has 0 amide bonds. The number of nitrogens with one attached hydrogen (secondary N) is 1. The first-order valence-electron chi connectivity index (χ1n) is 7.90. The van der Waals surface area contributed by atoms with E-state index in [1.807, 2.05) is 6.92 Å². The van der Waals surface area contributed by atoms with Crippen LogP contribution in [-0.4, -0.2) is 34.5 Å². The first-order chi connectivity index (χ1) is 10.1. The van der Waals surface area contributed by atoms with Crippen LogP contribution in [0.3, 0.4) is 0 Å². The van der Waals surface area contributed by atoms with Gasteiger partial charge in [-0.3, -0.25) is 4.21 Å². The van der Waals surface area contributed by atoms with Crippen molar-refractivity contribution in [2.24, 2.45) is 0 Å². The third-order valence-corrected chi connectivity index (χ3v) is 6.05. The quantitative estimate of drug-likeness (QED) is 0.841. The highest BCUT2D eigenvalue weighted by molar-refractivity contribution is 7.85. The molecule has 1 saturated heterocycles. The van der Waals surface area contributed by atoms with Gasteiger partial charge in [0, 0.05) is 29.2 Å². The van der Waals surface area contributed by atoms with E-state index in [4.69, 9.17) is 4.74 Å². The van der Waals surface area contributed by atoms with Crippen molar-refractivity contribution >= 4 is 10.8 Å². The van der Waals surface area contributed by atoms with E-state index in [-0.39, 0.29) is 17.4 Å². The highest BCUT2D eigenvalue weighted by Crippen LogP contribution is 2.23. The maximum Gasteiger partial charge on any atom is 0.0691 e. The van der Waals surface area contributed by atoms with Crippen LogP contribution >= 0.6 is 0 Å². The molecule has 1 aromatic carbocycles. The lowest BCUT2D eigenvalue weighted by molar-refractivity contribution is 0.127. The Morgan fingerprint density at radius 2 is 2.10 bits per heavy atom. The molecule has 0 bridgehead atoms. The lowest BCUT2D eigenvalue weighted by atomic mass is 10.1. The molecular weight excluding hydrogens is 282 g/mol. The summed E-state index contributed by atoms with van der Waals surface area (Å²) in [7, 11) is -0.852. The Labute approximate surface area is 130 Å². The Kier molecular flexibility index (Phi) is 6.40. The van der Waals surface area contributed by atoms with Gasteiger partial charge in [-0.2, -0.15) is 0 Å². The second-order valence-corrected chi connectivity index (χ2v) is 7.57. The van der Waals surface area contributed by atoms with Gasteiger partial charge in [0.2, 0.25) is 0 Å². The van der Waals surface area contributed by atoms with E-state index in [2.05, 4.69) is 43.4 Å². The summed E-state index contributed by atoms with van der Waals surface area (Å²) in [4.78, 5) is 0. The standard InChI is InChI=1S/C17H27NO2S/c1-4-10-18-16(15-7-5-13(2)6-8-15)12-21(19)17-9-11-20-14(17)3/h5-8,14,16-18H,4,9-12H2,1-3H3. The van der Waals surface area contributed by atoms with Crippen LogP contribution in [0.15, 0.2) is 24.3 Å². The lowest BCUT2D eigenvalue weighted by Crippen LogP contribution is -2.32. The average Bonchev–Trinajstić information content (AvgIpc) is 2.90. The summed E-state index contributed by atoms with van der Waals surface area (Å²) in [6.45, 7) is 7.98. The van der Waals surface area contributed by atoms with Crippen molar-refractivity contribution < 1.29 is 8.95 Å². The third kappa shape index (κ3) is 4.63. The number of hydrogen-bond donors (Lipinski definition) is 1. The molecule has 0 aliphatic carbocycles. The predicted molar refractivity (Wildman–Crippen MR) is 89.0 cm³/mol. The van der Waals surface area contributed by atoms with Crippen molar-refractivity contribution in [1.29, 1.82) is 0 Å². The zero-order chi connectivity index (χ0) is 15.2. The summed E-state index contributed by atoms with van der Waals surface area (Å²) in [6, 6.07) is 8.71. The molecule has 0 radical (unpaired) electrons. The molecule has 1 fully saturated rings. The van der Waals surface area contributed by atoms with E-state index in [1.54, 1.807) is 0 Å². The van der Waals surface area contributed by atoms with Crippen molar-refractivity contribution in [3.63, 3.8) is 0 Å². The topological polar surface area (TPSA) is 38.3 Å². The molecule has 1 aromatic rings. The van der Waals surface area contributed by atoms with E-state index >= 15 is 0 Å². The molecule has 1 heterocycles. The van der Waals surface area contributed by atoms with Crippen molar-refractivity contribution in [3.8, 4) is 0 Å². The Morgan fingerprint density at radius 3 is 2.67 bits per heavy atom. The van der Waals surface area contributed by atoms with E-state index < -0.39 is 10.8 Å². The molecule has 0 saturated carbocycles. The molecule has 1 N–H and O–H groups in total. The van der Waals surface area contributed by atoms with Crippen LogP contribution in [0.25, 0.3) is 0 Å².